The summed E-state index contributed by atoms with van der Waals surface area (Å²) in [5, 5.41) is 0. The highest BCUT2D eigenvalue weighted by Gasteiger charge is 2.14. The van der Waals surface area contributed by atoms with E-state index in [1.807, 2.05) is 12.1 Å². The molecule has 0 atom stereocenters. The van der Waals surface area contributed by atoms with Gasteiger partial charge in [0.25, 0.3) is 0 Å². The molecular weight excluding hydrogens is 246 g/mol. The van der Waals surface area contributed by atoms with Gasteiger partial charge in [0, 0.05) is 10.9 Å². The van der Waals surface area contributed by atoms with Crippen LogP contribution in [0.2, 0.25) is 0 Å². The van der Waals surface area contributed by atoms with Crippen molar-refractivity contribution >= 4 is 21.7 Å². The summed E-state index contributed by atoms with van der Waals surface area (Å²) < 4.78 is 5.85. The normalized spacial score (nSPS) is 9.93. The molecule has 0 fully saturated rings. The minimum absolute atomic E-state index is 0.00294. The monoisotopic (exact) mass is 257 g/mol. The Bertz CT molecular complexity index is 339. The van der Waals surface area contributed by atoms with Gasteiger partial charge in [-0.05, 0) is 34.6 Å². The van der Waals surface area contributed by atoms with E-state index in [-0.39, 0.29) is 5.78 Å². The zero-order valence-electron chi connectivity index (χ0n) is 7.92. The highest BCUT2D eigenvalue weighted by Crippen LogP contribution is 2.27. The predicted molar refractivity (Wildman–Crippen MR) is 58.7 cm³/mol. The van der Waals surface area contributed by atoms with Crippen molar-refractivity contribution in [2.24, 2.45) is 5.73 Å². The number of nitrogens with two attached hydrogens (primary N) is 1. The molecule has 0 unspecified atom stereocenters. The van der Waals surface area contributed by atoms with E-state index in [1.165, 1.54) is 0 Å². The molecule has 0 saturated heterocycles. The van der Waals surface area contributed by atoms with Gasteiger partial charge in [0.15, 0.2) is 5.78 Å². The standard InChI is InChI=1S/C10H12BrNO2/c1-14-9-4-2-3-7(11)10(9)8(13)5-6-12/h2-4H,5-6,12H2,1H3. The third-order valence-corrected chi connectivity index (χ3v) is 2.51. The smallest absolute Gasteiger partial charge is 0.169 e. The lowest BCUT2D eigenvalue weighted by molar-refractivity contribution is 0.0981. The number of ketones is 1. The lowest BCUT2D eigenvalue weighted by Crippen LogP contribution is -2.09. The van der Waals surface area contributed by atoms with Gasteiger partial charge >= 0.3 is 0 Å². The van der Waals surface area contributed by atoms with Gasteiger partial charge in [-0.2, -0.15) is 0 Å². The molecule has 0 spiro atoms. The number of Topliss-reactive ketones (excluding diaryl/α,β-unsaturated/α-hetero) is 1. The van der Waals surface area contributed by atoms with E-state index in [0.717, 1.165) is 4.47 Å². The van der Waals surface area contributed by atoms with Gasteiger partial charge < -0.3 is 10.5 Å². The number of carbonyl (C=O) groups is 1. The summed E-state index contributed by atoms with van der Waals surface area (Å²) in [6, 6.07) is 5.39. The SMILES string of the molecule is COc1cccc(Br)c1C(=O)CCN. The third kappa shape index (κ3) is 2.33. The number of rotatable bonds is 4. The lowest BCUT2D eigenvalue weighted by atomic mass is 10.1. The average Bonchev–Trinajstić information content (AvgIpc) is 2.17. The molecule has 0 radical (unpaired) electrons. The minimum atomic E-state index is -0.00294. The molecule has 14 heavy (non-hydrogen) atoms. The summed E-state index contributed by atoms with van der Waals surface area (Å²) >= 11 is 3.32. The highest BCUT2D eigenvalue weighted by molar-refractivity contribution is 9.10. The second-order valence-corrected chi connectivity index (χ2v) is 3.63. The van der Waals surface area contributed by atoms with Crippen LogP contribution in [-0.4, -0.2) is 19.4 Å². The molecule has 1 aromatic carbocycles. The number of halogens is 1. The topological polar surface area (TPSA) is 52.3 Å². The second kappa shape index (κ2) is 5.12. The molecule has 0 amide bonds. The number of ether oxygens (including phenoxy) is 1. The Morgan fingerprint density at radius 1 is 1.57 bits per heavy atom. The van der Waals surface area contributed by atoms with Crippen LogP contribution >= 0.6 is 15.9 Å². The number of methoxy groups -OCH3 is 1. The van der Waals surface area contributed by atoms with Crippen LogP contribution in [0.1, 0.15) is 16.8 Å². The third-order valence-electron chi connectivity index (χ3n) is 1.85. The van der Waals surface area contributed by atoms with Crippen LogP contribution in [0, 0.1) is 0 Å². The molecule has 0 aliphatic carbocycles. The van der Waals surface area contributed by atoms with E-state index >= 15 is 0 Å². The molecule has 0 aromatic heterocycles. The van der Waals surface area contributed by atoms with Gasteiger partial charge in [-0.25, -0.2) is 0 Å². The average molecular weight is 258 g/mol. The Kier molecular flexibility index (Phi) is 4.10. The van der Waals surface area contributed by atoms with Crippen LogP contribution in [0.3, 0.4) is 0 Å². The molecule has 1 rings (SSSR count). The zero-order valence-corrected chi connectivity index (χ0v) is 9.50. The molecular formula is C10H12BrNO2. The number of benzene rings is 1. The first-order chi connectivity index (χ1) is 6.70. The fraction of sp³-hybridized carbons (Fsp3) is 0.300. The van der Waals surface area contributed by atoms with Crippen LogP contribution in [-0.2, 0) is 0 Å². The van der Waals surface area contributed by atoms with Gasteiger partial charge in [-0.1, -0.05) is 6.07 Å². The summed E-state index contributed by atoms with van der Waals surface area (Å²) in [6.07, 6.45) is 0.332. The van der Waals surface area contributed by atoms with Crippen molar-refractivity contribution in [3.05, 3.63) is 28.2 Å². The summed E-state index contributed by atoms with van der Waals surface area (Å²) in [4.78, 5) is 11.7. The van der Waals surface area contributed by atoms with Crippen LogP contribution in [0.15, 0.2) is 22.7 Å². The second-order valence-electron chi connectivity index (χ2n) is 2.78. The van der Waals surface area contributed by atoms with E-state index in [2.05, 4.69) is 15.9 Å². The Morgan fingerprint density at radius 3 is 2.86 bits per heavy atom. The summed E-state index contributed by atoms with van der Waals surface area (Å²) in [6.45, 7) is 0.351. The molecule has 0 aliphatic rings. The number of hydrogen-bond acceptors (Lipinski definition) is 3. The fourth-order valence-electron chi connectivity index (χ4n) is 1.20. The quantitative estimate of drug-likeness (QED) is 0.840. The van der Waals surface area contributed by atoms with Gasteiger partial charge in [0.05, 0.1) is 12.7 Å². The summed E-state index contributed by atoms with van der Waals surface area (Å²) in [5.41, 5.74) is 5.90. The molecule has 4 heteroatoms. The van der Waals surface area contributed by atoms with Gasteiger partial charge in [0.2, 0.25) is 0 Å². The van der Waals surface area contributed by atoms with Crippen molar-refractivity contribution in [2.75, 3.05) is 13.7 Å². The summed E-state index contributed by atoms with van der Waals surface area (Å²) in [7, 11) is 1.54. The first-order valence-electron chi connectivity index (χ1n) is 4.26. The van der Waals surface area contributed by atoms with Crippen molar-refractivity contribution < 1.29 is 9.53 Å². The first-order valence-corrected chi connectivity index (χ1v) is 5.05. The Balaban J connectivity index is 3.10. The molecule has 76 valence electrons. The lowest BCUT2D eigenvalue weighted by Gasteiger charge is -2.08. The van der Waals surface area contributed by atoms with Crippen LogP contribution in [0.25, 0.3) is 0 Å². The minimum Gasteiger partial charge on any atom is -0.496 e. The Labute approximate surface area is 91.4 Å². The predicted octanol–water partition coefficient (Wildman–Crippen LogP) is 1.99. The number of hydrogen-bond donors (Lipinski definition) is 1. The Morgan fingerprint density at radius 2 is 2.29 bits per heavy atom. The van der Waals surface area contributed by atoms with E-state index < -0.39 is 0 Å². The first kappa shape index (κ1) is 11.2. The van der Waals surface area contributed by atoms with E-state index in [0.29, 0.717) is 24.3 Å². The molecule has 0 heterocycles. The summed E-state index contributed by atoms with van der Waals surface area (Å²) in [5.74, 6) is 0.578. The van der Waals surface area contributed by atoms with Gasteiger partial charge in [-0.15, -0.1) is 0 Å². The molecule has 0 aliphatic heterocycles. The fourth-order valence-corrected chi connectivity index (χ4v) is 1.77. The maximum Gasteiger partial charge on any atom is 0.169 e. The van der Waals surface area contributed by atoms with Crippen molar-refractivity contribution in [3.8, 4) is 5.75 Å². The van der Waals surface area contributed by atoms with E-state index in [9.17, 15) is 4.79 Å². The van der Waals surface area contributed by atoms with Crippen LogP contribution < -0.4 is 10.5 Å². The largest absolute Gasteiger partial charge is 0.496 e. The van der Waals surface area contributed by atoms with Crippen molar-refractivity contribution in [3.63, 3.8) is 0 Å². The van der Waals surface area contributed by atoms with E-state index in [4.69, 9.17) is 10.5 Å². The maximum absolute atomic E-state index is 11.7. The maximum atomic E-state index is 11.7. The molecule has 3 nitrogen and oxygen atoms in total. The van der Waals surface area contributed by atoms with Crippen molar-refractivity contribution in [1.29, 1.82) is 0 Å². The van der Waals surface area contributed by atoms with Crippen LogP contribution in [0.5, 0.6) is 5.75 Å². The van der Waals surface area contributed by atoms with E-state index in [1.54, 1.807) is 13.2 Å². The zero-order chi connectivity index (χ0) is 10.6. The van der Waals surface area contributed by atoms with Crippen molar-refractivity contribution in [1.82, 2.24) is 0 Å². The molecule has 2 N–H and O–H groups in total. The molecule has 1 aromatic rings. The highest BCUT2D eigenvalue weighted by atomic mass is 79.9. The number of carbonyl (C=O) groups excluding carboxylic acids is 1. The molecule has 0 bridgehead atoms. The van der Waals surface area contributed by atoms with Gasteiger partial charge in [0.1, 0.15) is 5.75 Å². The Hall–Kier alpha value is -0.870. The van der Waals surface area contributed by atoms with Crippen molar-refractivity contribution in [2.45, 2.75) is 6.42 Å². The molecule has 0 saturated carbocycles. The van der Waals surface area contributed by atoms with Gasteiger partial charge in [-0.3, -0.25) is 4.79 Å². The van der Waals surface area contributed by atoms with Crippen LogP contribution in [0.4, 0.5) is 0 Å².